The lowest BCUT2D eigenvalue weighted by atomic mass is 9.82. The van der Waals surface area contributed by atoms with E-state index in [1.54, 1.807) is 6.08 Å². The Kier molecular flexibility index (Phi) is 3.41. The average Bonchev–Trinajstić information content (AvgIpc) is 2.59. The van der Waals surface area contributed by atoms with E-state index in [0.717, 1.165) is 18.4 Å². The van der Waals surface area contributed by atoms with Gasteiger partial charge in [0, 0.05) is 25.7 Å². The third kappa shape index (κ3) is 2.81. The van der Waals surface area contributed by atoms with Crippen molar-refractivity contribution in [3.05, 3.63) is 12.2 Å². The van der Waals surface area contributed by atoms with Gasteiger partial charge in [0.2, 0.25) is 0 Å². The first-order valence-electron chi connectivity index (χ1n) is 5.87. The fourth-order valence-electron chi connectivity index (χ4n) is 2.95. The van der Waals surface area contributed by atoms with Crippen LogP contribution >= 0.6 is 0 Å². The van der Waals surface area contributed by atoms with Gasteiger partial charge in [-0.2, -0.15) is 0 Å². The molecule has 0 bridgehead atoms. The molecule has 1 aliphatic heterocycles. The maximum atomic E-state index is 10.3. The molecule has 3 nitrogen and oxygen atoms in total. The number of carbonyl (C=O) groups is 1. The van der Waals surface area contributed by atoms with Crippen LogP contribution in [0.2, 0.25) is 0 Å². The number of hydrogen-bond acceptors (Lipinski definition) is 2. The van der Waals surface area contributed by atoms with Crippen molar-refractivity contribution in [2.24, 2.45) is 11.8 Å². The van der Waals surface area contributed by atoms with Crippen LogP contribution in [0.4, 0.5) is 0 Å². The molecule has 2 rings (SSSR count). The maximum absolute atomic E-state index is 10.3. The molecular formula is C12H19NO2. The van der Waals surface area contributed by atoms with Crippen LogP contribution in [0.1, 0.15) is 25.7 Å². The second-order valence-corrected chi connectivity index (χ2v) is 4.76. The van der Waals surface area contributed by atoms with Crippen LogP contribution in [0.25, 0.3) is 0 Å². The van der Waals surface area contributed by atoms with Crippen LogP contribution in [0, 0.1) is 11.8 Å². The average molecular weight is 209 g/mol. The molecular weight excluding hydrogens is 190 g/mol. The molecule has 1 saturated carbocycles. The number of fused-ring (bicyclic) bond motifs is 1. The molecule has 15 heavy (non-hydrogen) atoms. The molecule has 1 N–H and O–H groups in total. The molecule has 1 saturated heterocycles. The number of carboxylic acids is 1. The Morgan fingerprint density at radius 1 is 1.27 bits per heavy atom. The van der Waals surface area contributed by atoms with Crippen LogP contribution in [0.15, 0.2) is 12.2 Å². The Morgan fingerprint density at radius 3 is 2.40 bits per heavy atom. The Hall–Kier alpha value is -0.830. The quantitative estimate of drug-likeness (QED) is 0.720. The molecule has 0 aromatic rings. The molecule has 2 unspecified atom stereocenters. The molecule has 3 heteroatoms. The van der Waals surface area contributed by atoms with Crippen molar-refractivity contribution in [2.45, 2.75) is 25.7 Å². The van der Waals surface area contributed by atoms with Crippen LogP contribution < -0.4 is 0 Å². The standard InChI is InChI=1S/C12H19NO2/c14-12(15)6-3-7-13-8-10-4-1-2-5-11(10)9-13/h3,6,10-11H,1-2,4-5,7-9H2,(H,14,15)/b6-3+. The first kappa shape index (κ1) is 10.7. The van der Waals surface area contributed by atoms with Crippen molar-refractivity contribution >= 4 is 5.97 Å². The minimum absolute atomic E-state index is 0.805. The smallest absolute Gasteiger partial charge is 0.328 e. The molecule has 0 amide bonds. The van der Waals surface area contributed by atoms with Crippen LogP contribution in [-0.4, -0.2) is 35.6 Å². The van der Waals surface area contributed by atoms with Crippen molar-refractivity contribution in [3.63, 3.8) is 0 Å². The summed E-state index contributed by atoms with van der Waals surface area (Å²) >= 11 is 0. The topological polar surface area (TPSA) is 40.5 Å². The number of nitrogens with zero attached hydrogens (tertiary/aromatic N) is 1. The zero-order valence-corrected chi connectivity index (χ0v) is 9.06. The molecule has 0 radical (unpaired) electrons. The summed E-state index contributed by atoms with van der Waals surface area (Å²) in [6.07, 6.45) is 8.55. The number of aliphatic carboxylic acids is 1. The highest BCUT2D eigenvalue weighted by molar-refractivity contribution is 5.79. The zero-order valence-electron chi connectivity index (χ0n) is 9.06. The Balaban J connectivity index is 1.79. The highest BCUT2D eigenvalue weighted by Gasteiger charge is 2.33. The summed E-state index contributed by atoms with van der Waals surface area (Å²) in [6, 6.07) is 0. The van der Waals surface area contributed by atoms with Gasteiger partial charge in [-0.15, -0.1) is 0 Å². The summed E-state index contributed by atoms with van der Waals surface area (Å²) in [5.74, 6) is 0.931. The van der Waals surface area contributed by atoms with Crippen LogP contribution in [0.5, 0.6) is 0 Å². The molecule has 1 heterocycles. The van der Waals surface area contributed by atoms with Crippen molar-refractivity contribution in [2.75, 3.05) is 19.6 Å². The molecule has 2 atom stereocenters. The molecule has 84 valence electrons. The van der Waals surface area contributed by atoms with E-state index in [0.29, 0.717) is 0 Å². The first-order chi connectivity index (χ1) is 7.25. The molecule has 1 aliphatic carbocycles. The van der Waals surface area contributed by atoms with Gasteiger partial charge in [-0.1, -0.05) is 18.9 Å². The first-order valence-corrected chi connectivity index (χ1v) is 5.87. The van der Waals surface area contributed by atoms with E-state index < -0.39 is 5.97 Å². The lowest BCUT2D eigenvalue weighted by molar-refractivity contribution is -0.131. The molecule has 0 aromatic heterocycles. The van der Waals surface area contributed by atoms with E-state index in [-0.39, 0.29) is 0 Å². The minimum Gasteiger partial charge on any atom is -0.478 e. The van der Waals surface area contributed by atoms with Gasteiger partial charge in [-0.3, -0.25) is 4.90 Å². The normalized spacial score (nSPS) is 32.0. The lowest BCUT2D eigenvalue weighted by Crippen LogP contribution is -2.20. The van der Waals surface area contributed by atoms with Gasteiger partial charge in [0.1, 0.15) is 0 Å². The second-order valence-electron chi connectivity index (χ2n) is 4.76. The van der Waals surface area contributed by atoms with Gasteiger partial charge in [0.25, 0.3) is 0 Å². The van der Waals surface area contributed by atoms with Gasteiger partial charge < -0.3 is 5.11 Å². The highest BCUT2D eigenvalue weighted by atomic mass is 16.4. The van der Waals surface area contributed by atoms with E-state index in [9.17, 15) is 4.79 Å². The van der Waals surface area contributed by atoms with Crippen molar-refractivity contribution in [3.8, 4) is 0 Å². The molecule has 0 spiro atoms. The monoisotopic (exact) mass is 209 g/mol. The number of likely N-dealkylation sites (tertiary alicyclic amines) is 1. The number of carboxylic acid groups (broad SMARTS) is 1. The van der Waals surface area contributed by atoms with E-state index in [1.807, 2.05) is 0 Å². The number of rotatable bonds is 3. The van der Waals surface area contributed by atoms with Crippen LogP contribution in [0.3, 0.4) is 0 Å². The Bertz CT molecular complexity index is 248. The van der Waals surface area contributed by atoms with E-state index in [4.69, 9.17) is 5.11 Å². The molecule has 2 aliphatic rings. The summed E-state index contributed by atoms with van der Waals surface area (Å²) in [5, 5.41) is 8.49. The fourth-order valence-corrected chi connectivity index (χ4v) is 2.95. The van der Waals surface area contributed by atoms with E-state index in [2.05, 4.69) is 4.90 Å². The minimum atomic E-state index is -0.841. The lowest BCUT2D eigenvalue weighted by Gasteiger charge is -2.23. The molecule has 2 fully saturated rings. The van der Waals surface area contributed by atoms with Crippen LogP contribution in [-0.2, 0) is 4.79 Å². The predicted molar refractivity (Wildman–Crippen MR) is 58.7 cm³/mol. The maximum Gasteiger partial charge on any atom is 0.328 e. The Morgan fingerprint density at radius 2 is 1.87 bits per heavy atom. The van der Waals surface area contributed by atoms with Gasteiger partial charge in [0.05, 0.1) is 0 Å². The number of hydrogen-bond donors (Lipinski definition) is 1. The Labute approximate surface area is 90.8 Å². The third-order valence-corrected chi connectivity index (χ3v) is 3.68. The van der Waals surface area contributed by atoms with Gasteiger partial charge >= 0.3 is 5.97 Å². The van der Waals surface area contributed by atoms with Crippen molar-refractivity contribution in [1.29, 1.82) is 0 Å². The van der Waals surface area contributed by atoms with Gasteiger partial charge in [0.15, 0.2) is 0 Å². The summed E-state index contributed by atoms with van der Waals surface area (Å²) < 4.78 is 0. The highest BCUT2D eigenvalue weighted by Crippen LogP contribution is 2.35. The third-order valence-electron chi connectivity index (χ3n) is 3.68. The van der Waals surface area contributed by atoms with Crippen molar-refractivity contribution < 1.29 is 9.90 Å². The predicted octanol–water partition coefficient (Wildman–Crippen LogP) is 1.75. The van der Waals surface area contributed by atoms with Gasteiger partial charge in [-0.05, 0) is 24.7 Å². The van der Waals surface area contributed by atoms with E-state index in [1.165, 1.54) is 44.8 Å². The summed E-state index contributed by atoms with van der Waals surface area (Å²) in [7, 11) is 0. The van der Waals surface area contributed by atoms with Gasteiger partial charge in [-0.25, -0.2) is 4.79 Å². The zero-order chi connectivity index (χ0) is 10.7. The fraction of sp³-hybridized carbons (Fsp3) is 0.750. The summed E-state index contributed by atoms with van der Waals surface area (Å²) in [4.78, 5) is 12.7. The second kappa shape index (κ2) is 4.79. The SMILES string of the molecule is O=C(O)/C=C/CN1CC2CCCCC2C1. The summed E-state index contributed by atoms with van der Waals surface area (Å²) in [5.41, 5.74) is 0. The van der Waals surface area contributed by atoms with E-state index >= 15 is 0 Å². The summed E-state index contributed by atoms with van der Waals surface area (Å²) in [6.45, 7) is 3.16. The van der Waals surface area contributed by atoms with Crippen molar-refractivity contribution in [1.82, 2.24) is 4.90 Å². The molecule has 0 aromatic carbocycles. The largest absolute Gasteiger partial charge is 0.478 e.